The van der Waals surface area contributed by atoms with Crippen LogP contribution in [0.2, 0.25) is 0 Å². The lowest BCUT2D eigenvalue weighted by molar-refractivity contribution is -0.138. The number of amides is 3. The van der Waals surface area contributed by atoms with Gasteiger partial charge in [-0.25, -0.2) is 19.7 Å². The fraction of sp³-hybridized carbons (Fsp3) is 0.500. The summed E-state index contributed by atoms with van der Waals surface area (Å²) in [5.74, 6) is 1.75. The van der Waals surface area contributed by atoms with Gasteiger partial charge in [0, 0.05) is 142 Å². The third-order valence-corrected chi connectivity index (χ3v) is 24.8. The first-order valence-corrected chi connectivity index (χ1v) is 43.1. The van der Waals surface area contributed by atoms with Gasteiger partial charge in [0.25, 0.3) is 0 Å². The van der Waals surface area contributed by atoms with Crippen molar-refractivity contribution >= 4 is 90.0 Å². The maximum absolute atomic E-state index is 13.8. The van der Waals surface area contributed by atoms with E-state index in [2.05, 4.69) is 132 Å². The summed E-state index contributed by atoms with van der Waals surface area (Å²) in [5.41, 5.74) is 6.14. The molecule has 35 heteroatoms. The number of allylic oxidation sites excluding steroid dienone is 1. The van der Waals surface area contributed by atoms with Crippen molar-refractivity contribution in [3.8, 4) is 18.0 Å². The molecule has 5 saturated heterocycles. The Morgan fingerprint density at radius 1 is 0.472 bits per heavy atom. The van der Waals surface area contributed by atoms with Crippen LogP contribution >= 0.6 is 27.0 Å². The third kappa shape index (κ3) is 23.2. The number of aromatic nitrogens is 6. The number of piperazine rings is 3. The van der Waals surface area contributed by atoms with Gasteiger partial charge in [0.1, 0.15) is 55.4 Å². The molecule has 7 aromatic rings. The van der Waals surface area contributed by atoms with E-state index in [-0.39, 0.29) is 125 Å². The Morgan fingerprint density at radius 3 is 1.22 bits per heavy atom. The van der Waals surface area contributed by atoms with E-state index >= 15 is 0 Å². The molecule has 3 unspecified atom stereocenters. The van der Waals surface area contributed by atoms with Crippen LogP contribution in [0.1, 0.15) is 98.3 Å². The summed E-state index contributed by atoms with van der Waals surface area (Å²) in [6.45, 7) is 50.9. The van der Waals surface area contributed by atoms with E-state index in [1.807, 2.05) is 23.6 Å². The van der Waals surface area contributed by atoms with Crippen LogP contribution in [0.5, 0.6) is 18.0 Å². The molecule has 678 valence electrons. The summed E-state index contributed by atoms with van der Waals surface area (Å²) in [4.78, 5) is 102. The van der Waals surface area contributed by atoms with Gasteiger partial charge in [-0.2, -0.15) is 83.2 Å². The number of alkyl halides is 6. The summed E-state index contributed by atoms with van der Waals surface area (Å²) in [7, 11) is 4.20. The zero-order chi connectivity index (χ0) is 88.6. The van der Waals surface area contributed by atoms with Crippen molar-refractivity contribution in [1.82, 2.24) is 59.3 Å². The smallest absolute Gasteiger partial charge is 0.418 e. The summed E-state index contributed by atoms with van der Waals surface area (Å²) < 4.78 is 101. The number of para-hydroxylation sites is 2. The second-order valence-electron chi connectivity index (χ2n) is 32.9. The number of likely N-dealkylation sites (tertiary alicyclic amines) is 2. The number of rotatable bonds is 24. The average molecular weight is 1790 g/mol. The molecule has 15 rings (SSSR count). The second-order valence-corrected chi connectivity index (χ2v) is 32.9. The molecule has 3 amide bonds. The normalized spacial score (nSPS) is 19.4. The van der Waals surface area contributed by atoms with Crippen molar-refractivity contribution in [3.05, 3.63) is 207 Å². The Bertz CT molecular complexity index is 5170. The predicted molar refractivity (Wildman–Crippen MR) is 491 cm³/mol. The van der Waals surface area contributed by atoms with E-state index in [9.17, 15) is 40.7 Å². The van der Waals surface area contributed by atoms with E-state index in [1.54, 1.807) is 37.8 Å². The van der Waals surface area contributed by atoms with Crippen LogP contribution in [0.3, 0.4) is 0 Å². The Balaban J connectivity index is 0.000000183. The van der Waals surface area contributed by atoms with Crippen molar-refractivity contribution in [2.45, 2.75) is 135 Å². The molecule has 0 aliphatic carbocycles. The summed E-state index contributed by atoms with van der Waals surface area (Å²) in [5, 5.41) is 2.47. The molecule has 0 bridgehead atoms. The molecule has 0 N–H and O–H groups in total. The highest BCUT2D eigenvalue weighted by atomic mass is 32.1. The largest absolute Gasteiger partial charge is 0.462 e. The third-order valence-electron chi connectivity index (χ3n) is 24.8. The van der Waals surface area contributed by atoms with Gasteiger partial charge in [-0.05, 0) is 147 Å². The number of halogens is 6. The summed E-state index contributed by atoms with van der Waals surface area (Å²) in [6, 6.07) is 26.7. The van der Waals surface area contributed by atoms with Crippen molar-refractivity contribution in [3.63, 3.8) is 0 Å². The van der Waals surface area contributed by atoms with E-state index in [0.29, 0.717) is 153 Å². The van der Waals surface area contributed by atoms with E-state index in [1.165, 1.54) is 59.3 Å². The summed E-state index contributed by atoms with van der Waals surface area (Å²) >= 11 is 0. The van der Waals surface area contributed by atoms with Crippen LogP contribution in [-0.2, 0) is 65.6 Å². The second kappa shape index (κ2) is 44.0. The number of hydrogen-bond acceptors (Lipinski definition) is 21. The van der Waals surface area contributed by atoms with Crippen LogP contribution in [0.15, 0.2) is 128 Å². The van der Waals surface area contributed by atoms with Gasteiger partial charge in [-0.15, -0.1) is 0 Å². The van der Waals surface area contributed by atoms with Crippen molar-refractivity contribution < 1.29 is 54.9 Å². The lowest BCUT2D eigenvalue weighted by atomic mass is 10.0. The number of hydrogen-bond donors (Lipinski definition) is 0. The maximum Gasteiger partial charge on any atom is 0.418 e. The highest BCUT2D eigenvalue weighted by Crippen LogP contribution is 2.43. The molecule has 0 radical (unpaired) electrons. The van der Waals surface area contributed by atoms with Gasteiger partial charge in [0.2, 0.25) is 37.4 Å². The number of ether oxygens (including phenoxy) is 3. The molecule has 5 fully saturated rings. The molecule has 0 saturated carbocycles. The van der Waals surface area contributed by atoms with Crippen molar-refractivity contribution in [2.75, 3.05) is 194 Å². The fourth-order valence-electron chi connectivity index (χ4n) is 18.1. The molecule has 0 spiro atoms. The Morgan fingerprint density at radius 2 is 0.843 bits per heavy atom. The molecule has 8 aliphatic heterocycles. The highest BCUT2D eigenvalue weighted by molar-refractivity contribution is 7.59. The van der Waals surface area contributed by atoms with Crippen LogP contribution < -0.4 is 43.6 Å². The van der Waals surface area contributed by atoms with Crippen LogP contribution in [0.25, 0.3) is 25.3 Å². The Hall–Kier alpha value is -11.2. The van der Waals surface area contributed by atoms with E-state index < -0.39 is 23.5 Å². The molecule has 27 nitrogen and oxygen atoms in total. The van der Waals surface area contributed by atoms with E-state index in [4.69, 9.17) is 58.8 Å². The first kappa shape index (κ1) is 96.5. The topological polar surface area (TPSA) is 208 Å². The average Bonchev–Trinajstić information content (AvgIpc) is 1.12. The van der Waals surface area contributed by atoms with Crippen molar-refractivity contribution in [1.29, 1.82) is 0 Å². The van der Waals surface area contributed by atoms with Gasteiger partial charge < -0.3 is 87.5 Å². The molecular formula is C92H115F6N21O6S2. The quantitative estimate of drug-likeness (QED) is 0.0313. The van der Waals surface area contributed by atoms with Gasteiger partial charge in [0.15, 0.2) is 0 Å². The minimum absolute atomic E-state index is 0. The number of likely N-dealkylation sites (N-methyl/N-ethyl adjacent to an activating group) is 3. The number of carbonyl (C=O) groups excluding carboxylic acids is 3. The van der Waals surface area contributed by atoms with Gasteiger partial charge >= 0.3 is 30.4 Å². The monoisotopic (exact) mass is 1790 g/mol. The van der Waals surface area contributed by atoms with Gasteiger partial charge in [0.05, 0.1) is 47.8 Å². The van der Waals surface area contributed by atoms with Crippen molar-refractivity contribution in [2.24, 2.45) is 0 Å². The van der Waals surface area contributed by atoms with Crippen LogP contribution in [0, 0.1) is 19.7 Å². The standard InChI is InChI=1S/C34H41N7O2.C29H34F3N7O2.C29H36F3N7O2.2H2S/c1-24(2)19-32(42)41-18-17-40(21-27(41)20-35-3)33-29-14-16-39(31-13-7-10-25-9-5-6-12-28(25)31)22-30(29)36-34(37-33)43-23-26-11-8-15-38(26)4;1-4-26(40)39-15-14-38(17-21(39)16-33-2)27-22-11-13-37(25-10-6-5-9-23(25)29(30,31)32)18-24(22)34-28(35-27)41-19-20-8-7-12-36(20)3;1-5-26(40)39-15-14-38(19-21(39)18-33-4)27-22-12-13-37(25-11-9-8-10-23(25)29(30,31)32)20-24(22)34-28(35-27)41-17-16-36(6-2)7-3;;/h5-7,9-10,12-13,19,26-27H,8,11,14-18,20-23H2,1-2,4H3;4-6,9-10,20-21H,1,7-8,11-19H2,3H3;5,8-11,21H,1,6-7,12-20H2,2-3H3;2*1H2/t26-,27?;20-,21?;;;/m01.../s1. The summed E-state index contributed by atoms with van der Waals surface area (Å²) in [6.07, 6.45) is 1.32. The Labute approximate surface area is 754 Å². The molecule has 4 aromatic carbocycles. The van der Waals surface area contributed by atoms with Crippen LogP contribution in [0.4, 0.5) is 60.9 Å². The number of benzene rings is 4. The number of nitrogens with zero attached hydrogens (tertiary/aromatic N) is 21. The zero-order valence-electron chi connectivity index (χ0n) is 73.1. The van der Waals surface area contributed by atoms with E-state index in [0.717, 1.165) is 104 Å². The first-order valence-electron chi connectivity index (χ1n) is 43.1. The number of fused-ring (bicyclic) bond motifs is 4. The maximum atomic E-state index is 13.8. The number of anilines is 6. The zero-order valence-corrected chi connectivity index (χ0v) is 75.1. The minimum Gasteiger partial charge on any atom is -0.462 e. The Kier molecular flexibility index (Phi) is 33.5. The molecule has 5 atom stereocenters. The van der Waals surface area contributed by atoms with Gasteiger partial charge in [-0.1, -0.05) is 93.2 Å². The molecule has 3 aromatic heterocycles. The SMILES string of the molecule is S.S.[C-]#[N+]CC1CN(c2nc(OCCN(CC)CC)nc3c2CCN(c2ccccc2C(F)(F)F)C3)CCN1C(=O)C=C.[C-]#[N+]CC1CN(c2nc(OC[C@@H]3CCCN3C)nc3c2CCN(c2cccc4ccccc24)C3)CCN1C(=O)C=C(C)C.[C-]#[N+]CC1CN(c2nc(OC[C@H]3CCCN3C)nc3c2CCN(c2ccccc2C(F)(F)F)C3)CCN1C(=O)C=C. The minimum atomic E-state index is -4.48. The molecule has 8 aliphatic rings. The highest BCUT2D eigenvalue weighted by Gasteiger charge is 2.43. The lowest BCUT2D eigenvalue weighted by Crippen LogP contribution is -2.56. The van der Waals surface area contributed by atoms with Crippen LogP contribution in [-0.4, -0.2) is 272 Å². The number of carbonyl (C=O) groups is 3. The fourth-order valence-corrected chi connectivity index (χ4v) is 18.1. The predicted octanol–water partition coefficient (Wildman–Crippen LogP) is 12.3. The molecular weight excluding hydrogens is 1670 g/mol. The lowest BCUT2D eigenvalue weighted by Gasteiger charge is -2.41. The first-order chi connectivity index (χ1) is 60.3. The molecule has 11 heterocycles. The van der Waals surface area contributed by atoms with Gasteiger partial charge in [-0.3, -0.25) is 14.4 Å². The molecule has 127 heavy (non-hydrogen) atoms.